The van der Waals surface area contributed by atoms with E-state index in [1.54, 1.807) is 12.1 Å². The van der Waals surface area contributed by atoms with Gasteiger partial charge < -0.3 is 18.6 Å². The third kappa shape index (κ3) is 6.17. The van der Waals surface area contributed by atoms with Gasteiger partial charge in [-0.2, -0.15) is 0 Å². The number of aromatic nitrogens is 2. The van der Waals surface area contributed by atoms with Crippen LogP contribution in [-0.2, 0) is 14.6 Å². The van der Waals surface area contributed by atoms with Gasteiger partial charge in [0.15, 0.2) is 21.3 Å². The average molecular weight is 510 g/mol. The van der Waals surface area contributed by atoms with Crippen LogP contribution in [0.3, 0.4) is 0 Å². The number of carbonyl (C=O) groups excluding carboxylic acids is 1. The Balaban J connectivity index is 1.80. The van der Waals surface area contributed by atoms with Crippen LogP contribution in [0.1, 0.15) is 20.8 Å². The minimum atomic E-state index is -3.88. The van der Waals surface area contributed by atoms with Crippen molar-refractivity contribution in [1.29, 1.82) is 0 Å². The van der Waals surface area contributed by atoms with Crippen molar-refractivity contribution in [1.82, 2.24) is 10.2 Å². The van der Waals surface area contributed by atoms with Gasteiger partial charge in [-0.1, -0.05) is 16.7 Å². The van der Waals surface area contributed by atoms with E-state index in [1.165, 1.54) is 24.3 Å². The van der Waals surface area contributed by atoms with E-state index in [9.17, 15) is 13.2 Å². The molecule has 3 aromatic rings. The lowest BCUT2D eigenvalue weighted by atomic mass is 10.2. The molecule has 0 unspecified atom stereocenters. The largest absolute Gasteiger partial charge is 0.490 e. The predicted molar refractivity (Wildman–Crippen MR) is 125 cm³/mol. The van der Waals surface area contributed by atoms with Crippen LogP contribution < -0.4 is 19.5 Å². The number of nitrogens with one attached hydrogen (secondary N) is 1. The van der Waals surface area contributed by atoms with Crippen LogP contribution in [0.25, 0.3) is 11.5 Å². The Morgan fingerprint density at radius 3 is 2.12 bits per heavy atom. The van der Waals surface area contributed by atoms with Crippen molar-refractivity contribution in [2.75, 3.05) is 30.9 Å². The van der Waals surface area contributed by atoms with Crippen molar-refractivity contribution < 1.29 is 31.8 Å². The quantitative estimate of drug-likeness (QED) is 0.407. The maximum Gasteiger partial charge on any atom is 0.322 e. The SMILES string of the molecule is CCOc1cc(-c2nnc(NC(=O)CS(=O)(=O)c3ccc(Cl)cc3)o2)cc(OCC)c1OCC. The molecular weight excluding hydrogens is 486 g/mol. The monoisotopic (exact) mass is 509 g/mol. The van der Waals surface area contributed by atoms with Crippen LogP contribution in [-0.4, -0.2) is 50.1 Å². The van der Waals surface area contributed by atoms with Gasteiger partial charge in [0.2, 0.25) is 17.5 Å². The molecular formula is C22H24ClN3O7S. The van der Waals surface area contributed by atoms with Gasteiger partial charge in [-0.25, -0.2) is 8.42 Å². The molecule has 1 aromatic heterocycles. The van der Waals surface area contributed by atoms with Crippen molar-refractivity contribution in [2.24, 2.45) is 0 Å². The second kappa shape index (κ2) is 11.2. The lowest BCUT2D eigenvalue weighted by molar-refractivity contribution is -0.114. The number of rotatable bonds is 11. The van der Waals surface area contributed by atoms with Crippen LogP contribution in [0.5, 0.6) is 17.2 Å². The number of hydrogen-bond acceptors (Lipinski definition) is 9. The molecule has 12 heteroatoms. The minimum absolute atomic E-state index is 0.0282. The molecule has 182 valence electrons. The number of hydrogen-bond donors (Lipinski definition) is 1. The van der Waals surface area contributed by atoms with Gasteiger partial charge >= 0.3 is 6.01 Å². The molecule has 0 atom stereocenters. The van der Waals surface area contributed by atoms with E-state index in [1.807, 2.05) is 20.8 Å². The predicted octanol–water partition coefficient (Wildman–Crippen LogP) is 4.00. The first-order valence-electron chi connectivity index (χ1n) is 10.5. The second-order valence-electron chi connectivity index (χ2n) is 6.77. The summed E-state index contributed by atoms with van der Waals surface area (Å²) < 4.78 is 47.4. The molecule has 34 heavy (non-hydrogen) atoms. The van der Waals surface area contributed by atoms with Crippen LogP contribution >= 0.6 is 11.6 Å². The molecule has 0 radical (unpaired) electrons. The van der Waals surface area contributed by atoms with Crippen LogP contribution in [0.2, 0.25) is 5.02 Å². The summed E-state index contributed by atoms with van der Waals surface area (Å²) in [6, 6.07) is 8.57. The molecule has 0 aliphatic rings. The first-order chi connectivity index (χ1) is 16.3. The average Bonchev–Trinajstić information content (AvgIpc) is 3.24. The first-order valence-corrected chi connectivity index (χ1v) is 12.5. The van der Waals surface area contributed by atoms with Crippen LogP contribution in [0.15, 0.2) is 45.7 Å². The maximum absolute atomic E-state index is 12.4. The highest BCUT2D eigenvalue weighted by Gasteiger charge is 2.22. The fourth-order valence-electron chi connectivity index (χ4n) is 2.96. The summed E-state index contributed by atoms with van der Waals surface area (Å²) in [5.41, 5.74) is 0.470. The fraction of sp³-hybridized carbons (Fsp3) is 0.318. The maximum atomic E-state index is 12.4. The fourth-order valence-corrected chi connectivity index (χ4v) is 4.22. The van der Waals surface area contributed by atoms with Crippen molar-refractivity contribution >= 4 is 33.4 Å². The normalized spacial score (nSPS) is 11.2. The van der Waals surface area contributed by atoms with Crippen LogP contribution in [0.4, 0.5) is 6.01 Å². The number of sulfone groups is 1. The number of carbonyl (C=O) groups is 1. The Morgan fingerprint density at radius 1 is 0.971 bits per heavy atom. The second-order valence-corrected chi connectivity index (χ2v) is 9.20. The summed E-state index contributed by atoms with van der Waals surface area (Å²) in [5, 5.41) is 10.4. The zero-order valence-corrected chi connectivity index (χ0v) is 20.4. The Kier molecular flexibility index (Phi) is 8.35. The van der Waals surface area contributed by atoms with Crippen molar-refractivity contribution in [2.45, 2.75) is 25.7 Å². The number of halogens is 1. The zero-order valence-electron chi connectivity index (χ0n) is 18.8. The van der Waals surface area contributed by atoms with Gasteiger partial charge in [0.1, 0.15) is 5.75 Å². The molecule has 0 spiro atoms. The highest BCUT2D eigenvalue weighted by Crippen LogP contribution is 2.41. The van der Waals surface area contributed by atoms with E-state index in [0.29, 0.717) is 47.7 Å². The van der Waals surface area contributed by atoms with Crippen molar-refractivity contribution in [3.05, 3.63) is 41.4 Å². The molecule has 3 rings (SSSR count). The number of ether oxygens (including phenoxy) is 3. The van der Waals surface area contributed by atoms with Gasteiger partial charge in [-0.3, -0.25) is 10.1 Å². The number of benzene rings is 2. The van der Waals surface area contributed by atoms with Crippen molar-refractivity contribution in [3.63, 3.8) is 0 Å². The zero-order chi connectivity index (χ0) is 24.7. The summed E-state index contributed by atoms with van der Waals surface area (Å²) in [7, 11) is -3.88. The molecule has 0 bridgehead atoms. The van der Waals surface area contributed by atoms with Gasteiger partial charge in [0, 0.05) is 10.6 Å². The Bertz CT molecular complexity index is 1220. The smallest absolute Gasteiger partial charge is 0.322 e. The molecule has 0 saturated carbocycles. The Morgan fingerprint density at radius 2 is 1.56 bits per heavy atom. The minimum Gasteiger partial charge on any atom is -0.490 e. The first kappa shape index (κ1) is 25.3. The Labute approximate surface area is 202 Å². The highest BCUT2D eigenvalue weighted by molar-refractivity contribution is 7.92. The highest BCUT2D eigenvalue weighted by atomic mass is 35.5. The van der Waals surface area contributed by atoms with Gasteiger partial charge in [-0.15, -0.1) is 5.10 Å². The number of amides is 1. The van der Waals surface area contributed by atoms with E-state index in [-0.39, 0.29) is 16.8 Å². The van der Waals surface area contributed by atoms with E-state index < -0.39 is 21.5 Å². The van der Waals surface area contributed by atoms with Gasteiger partial charge in [0.25, 0.3) is 0 Å². The molecule has 0 fully saturated rings. The van der Waals surface area contributed by atoms with E-state index >= 15 is 0 Å². The molecule has 1 heterocycles. The summed E-state index contributed by atoms with van der Waals surface area (Å²) in [5.74, 6) is -0.248. The lowest BCUT2D eigenvalue weighted by Crippen LogP contribution is -2.23. The summed E-state index contributed by atoms with van der Waals surface area (Å²) >= 11 is 5.78. The van der Waals surface area contributed by atoms with E-state index in [4.69, 9.17) is 30.2 Å². The topological polar surface area (TPSA) is 130 Å². The molecule has 1 amide bonds. The summed E-state index contributed by atoms with van der Waals surface area (Å²) in [4.78, 5) is 12.3. The molecule has 0 aliphatic carbocycles. The third-order valence-electron chi connectivity index (χ3n) is 4.32. The van der Waals surface area contributed by atoms with Gasteiger partial charge in [0.05, 0.1) is 24.7 Å². The molecule has 1 N–H and O–H groups in total. The van der Waals surface area contributed by atoms with E-state index in [0.717, 1.165) is 0 Å². The van der Waals surface area contributed by atoms with Crippen LogP contribution in [0, 0.1) is 0 Å². The lowest BCUT2D eigenvalue weighted by Gasteiger charge is -2.16. The van der Waals surface area contributed by atoms with E-state index in [2.05, 4.69) is 15.5 Å². The molecule has 2 aromatic carbocycles. The summed E-state index contributed by atoms with van der Waals surface area (Å²) in [6.07, 6.45) is 0. The standard InChI is InChI=1S/C22H24ClN3O7S/c1-4-30-17-11-14(12-18(31-5-2)20(17)32-6-3)21-25-26-22(33-21)24-19(27)13-34(28,29)16-9-7-15(23)8-10-16/h7-12H,4-6,13H2,1-3H3,(H,24,26,27). The molecule has 0 saturated heterocycles. The molecule has 10 nitrogen and oxygen atoms in total. The van der Waals surface area contributed by atoms with Crippen molar-refractivity contribution in [3.8, 4) is 28.7 Å². The number of anilines is 1. The molecule has 0 aliphatic heterocycles. The summed E-state index contributed by atoms with van der Waals surface area (Å²) in [6.45, 7) is 6.71. The third-order valence-corrected chi connectivity index (χ3v) is 6.21. The Hall–Kier alpha value is -3.31. The van der Waals surface area contributed by atoms with Gasteiger partial charge in [-0.05, 0) is 57.2 Å². The number of nitrogens with zero attached hydrogens (tertiary/aromatic N) is 2.